The van der Waals surface area contributed by atoms with E-state index in [1.165, 1.54) is 12.1 Å². The van der Waals surface area contributed by atoms with Crippen molar-refractivity contribution in [2.45, 2.75) is 52.1 Å². The Morgan fingerprint density at radius 3 is 2.37 bits per heavy atom. The molecule has 0 N–H and O–H groups in total. The predicted octanol–water partition coefficient (Wildman–Crippen LogP) is 5.30. The van der Waals surface area contributed by atoms with E-state index in [9.17, 15) is 9.18 Å². The third kappa shape index (κ3) is 7.25. The molecule has 1 unspecified atom stereocenters. The Morgan fingerprint density at radius 2 is 1.73 bits per heavy atom. The first-order valence-electron chi connectivity index (χ1n) is 9.97. The number of esters is 1. The molecular weight excluding hydrogens is 387 g/mol. The Hall–Kier alpha value is -2.76. The van der Waals surface area contributed by atoms with Gasteiger partial charge >= 0.3 is 5.97 Å². The standard InChI is InChI=1S/C24H31FO5/c1-16(7-8-17-9-10-21(27-5)22(11-17)28-6)18-12-19(25)14-20(13-18)29-15-23(26)30-24(2,3)4/h9-14,16H,7-8,15H2,1-6H3. The number of rotatable bonds is 9. The molecule has 0 amide bonds. The highest BCUT2D eigenvalue weighted by molar-refractivity contribution is 5.71. The summed E-state index contributed by atoms with van der Waals surface area (Å²) in [6, 6.07) is 10.4. The largest absolute Gasteiger partial charge is 0.493 e. The van der Waals surface area contributed by atoms with Crippen LogP contribution in [-0.2, 0) is 16.0 Å². The minimum atomic E-state index is -0.591. The normalized spacial score (nSPS) is 12.2. The second-order valence-corrected chi connectivity index (χ2v) is 8.22. The van der Waals surface area contributed by atoms with Gasteiger partial charge in [-0.05, 0) is 74.9 Å². The van der Waals surface area contributed by atoms with Crippen LogP contribution < -0.4 is 14.2 Å². The van der Waals surface area contributed by atoms with Crippen molar-refractivity contribution in [1.29, 1.82) is 0 Å². The van der Waals surface area contributed by atoms with Gasteiger partial charge in [0.05, 0.1) is 14.2 Å². The van der Waals surface area contributed by atoms with Crippen molar-refractivity contribution in [1.82, 2.24) is 0 Å². The van der Waals surface area contributed by atoms with Gasteiger partial charge in [0, 0.05) is 6.07 Å². The van der Waals surface area contributed by atoms with Gasteiger partial charge in [0.1, 0.15) is 17.2 Å². The maximum absolute atomic E-state index is 14.1. The van der Waals surface area contributed by atoms with E-state index >= 15 is 0 Å². The molecule has 1 atom stereocenters. The van der Waals surface area contributed by atoms with E-state index in [0.717, 1.165) is 24.0 Å². The average molecular weight is 419 g/mol. The molecule has 6 heteroatoms. The average Bonchev–Trinajstić information content (AvgIpc) is 2.68. The smallest absolute Gasteiger partial charge is 0.344 e. The molecule has 2 aromatic rings. The molecule has 0 saturated carbocycles. The SMILES string of the molecule is COc1ccc(CCC(C)c2cc(F)cc(OCC(=O)OC(C)(C)C)c2)cc1OC. The summed E-state index contributed by atoms with van der Waals surface area (Å²) in [5.74, 6) is 0.892. The van der Waals surface area contributed by atoms with Crippen molar-refractivity contribution in [2.24, 2.45) is 0 Å². The first-order chi connectivity index (χ1) is 14.1. The van der Waals surface area contributed by atoms with Gasteiger partial charge in [-0.15, -0.1) is 0 Å². The molecule has 0 radical (unpaired) electrons. The zero-order valence-corrected chi connectivity index (χ0v) is 18.6. The van der Waals surface area contributed by atoms with Crippen molar-refractivity contribution in [3.8, 4) is 17.2 Å². The lowest BCUT2D eigenvalue weighted by molar-refractivity contribution is -0.157. The van der Waals surface area contributed by atoms with Crippen LogP contribution in [0.15, 0.2) is 36.4 Å². The van der Waals surface area contributed by atoms with E-state index < -0.39 is 17.4 Å². The van der Waals surface area contributed by atoms with Gasteiger partial charge < -0.3 is 18.9 Å². The minimum Gasteiger partial charge on any atom is -0.493 e. The van der Waals surface area contributed by atoms with Gasteiger partial charge in [-0.3, -0.25) is 0 Å². The van der Waals surface area contributed by atoms with Crippen LogP contribution in [0.1, 0.15) is 51.2 Å². The summed E-state index contributed by atoms with van der Waals surface area (Å²) >= 11 is 0. The number of hydrogen-bond acceptors (Lipinski definition) is 5. The second kappa shape index (κ2) is 10.3. The molecule has 0 aliphatic rings. The van der Waals surface area contributed by atoms with Crippen LogP contribution in [0.4, 0.5) is 4.39 Å². The first kappa shape index (κ1) is 23.5. The fraction of sp³-hybridized carbons (Fsp3) is 0.458. The molecule has 0 spiro atoms. The van der Waals surface area contributed by atoms with Crippen LogP contribution in [-0.4, -0.2) is 32.4 Å². The molecule has 0 aromatic heterocycles. The Labute approximate surface area is 178 Å². The van der Waals surface area contributed by atoms with Gasteiger partial charge in [-0.1, -0.05) is 13.0 Å². The molecule has 0 bridgehead atoms. The number of hydrogen-bond donors (Lipinski definition) is 0. The Kier molecular flexibility index (Phi) is 8.09. The lowest BCUT2D eigenvalue weighted by atomic mass is 9.93. The topological polar surface area (TPSA) is 54.0 Å². The Balaban J connectivity index is 2.00. The molecule has 0 fully saturated rings. The van der Waals surface area contributed by atoms with Crippen LogP contribution in [0.25, 0.3) is 0 Å². The second-order valence-electron chi connectivity index (χ2n) is 8.22. The highest BCUT2D eigenvalue weighted by atomic mass is 19.1. The predicted molar refractivity (Wildman–Crippen MR) is 114 cm³/mol. The van der Waals surface area contributed by atoms with Crippen LogP contribution in [0.2, 0.25) is 0 Å². The Morgan fingerprint density at radius 1 is 1.03 bits per heavy atom. The molecular formula is C24H31FO5. The number of methoxy groups -OCH3 is 2. The monoisotopic (exact) mass is 418 g/mol. The van der Waals surface area contributed by atoms with Crippen molar-refractivity contribution < 1.29 is 28.1 Å². The number of benzene rings is 2. The fourth-order valence-electron chi connectivity index (χ4n) is 3.05. The van der Waals surface area contributed by atoms with Crippen molar-refractivity contribution in [3.05, 3.63) is 53.3 Å². The van der Waals surface area contributed by atoms with Crippen LogP contribution in [0.3, 0.4) is 0 Å². The van der Waals surface area contributed by atoms with E-state index in [1.54, 1.807) is 41.1 Å². The molecule has 0 saturated heterocycles. The van der Waals surface area contributed by atoms with Crippen molar-refractivity contribution in [3.63, 3.8) is 0 Å². The highest BCUT2D eigenvalue weighted by Gasteiger charge is 2.17. The molecule has 30 heavy (non-hydrogen) atoms. The maximum atomic E-state index is 14.1. The van der Waals surface area contributed by atoms with E-state index in [4.69, 9.17) is 18.9 Å². The summed E-state index contributed by atoms with van der Waals surface area (Å²) in [6.07, 6.45) is 1.61. The zero-order chi connectivity index (χ0) is 22.3. The molecule has 164 valence electrons. The molecule has 0 aliphatic heterocycles. The first-order valence-corrected chi connectivity index (χ1v) is 9.97. The maximum Gasteiger partial charge on any atom is 0.344 e. The molecule has 0 aliphatic carbocycles. The van der Waals surface area contributed by atoms with E-state index in [-0.39, 0.29) is 12.5 Å². The van der Waals surface area contributed by atoms with Crippen molar-refractivity contribution >= 4 is 5.97 Å². The quantitative estimate of drug-likeness (QED) is 0.517. The molecule has 5 nitrogen and oxygen atoms in total. The summed E-state index contributed by atoms with van der Waals surface area (Å²) in [5.41, 5.74) is 1.33. The third-order valence-electron chi connectivity index (χ3n) is 4.55. The van der Waals surface area contributed by atoms with E-state index in [0.29, 0.717) is 17.2 Å². The van der Waals surface area contributed by atoms with Crippen molar-refractivity contribution in [2.75, 3.05) is 20.8 Å². The number of aryl methyl sites for hydroxylation is 1. The van der Waals surface area contributed by atoms with Crippen LogP contribution in [0.5, 0.6) is 17.2 Å². The summed E-state index contributed by atoms with van der Waals surface area (Å²) in [7, 11) is 3.21. The summed E-state index contributed by atoms with van der Waals surface area (Å²) in [4.78, 5) is 11.8. The third-order valence-corrected chi connectivity index (χ3v) is 4.55. The zero-order valence-electron chi connectivity index (χ0n) is 18.6. The summed E-state index contributed by atoms with van der Waals surface area (Å²) < 4.78 is 35.4. The van der Waals surface area contributed by atoms with Crippen LogP contribution >= 0.6 is 0 Å². The van der Waals surface area contributed by atoms with E-state index in [1.807, 2.05) is 25.1 Å². The number of halogens is 1. The van der Waals surface area contributed by atoms with Gasteiger partial charge in [0.2, 0.25) is 0 Å². The lowest BCUT2D eigenvalue weighted by Crippen LogP contribution is -2.27. The highest BCUT2D eigenvalue weighted by Crippen LogP contribution is 2.30. The van der Waals surface area contributed by atoms with Gasteiger partial charge in [0.15, 0.2) is 18.1 Å². The van der Waals surface area contributed by atoms with Gasteiger partial charge in [-0.25, -0.2) is 9.18 Å². The molecule has 2 rings (SSSR count). The fourth-order valence-corrected chi connectivity index (χ4v) is 3.05. The molecule has 0 heterocycles. The number of carbonyl (C=O) groups excluding carboxylic acids is 1. The Bertz CT molecular complexity index is 857. The summed E-state index contributed by atoms with van der Waals surface area (Å²) in [5, 5.41) is 0. The number of ether oxygens (including phenoxy) is 4. The summed E-state index contributed by atoms with van der Waals surface area (Å²) in [6.45, 7) is 7.12. The van der Waals surface area contributed by atoms with Crippen LogP contribution in [0, 0.1) is 5.82 Å². The molecule has 2 aromatic carbocycles. The van der Waals surface area contributed by atoms with Gasteiger partial charge in [-0.2, -0.15) is 0 Å². The van der Waals surface area contributed by atoms with E-state index in [2.05, 4.69) is 0 Å². The number of carbonyl (C=O) groups is 1. The lowest BCUT2D eigenvalue weighted by Gasteiger charge is -2.19. The van der Waals surface area contributed by atoms with Gasteiger partial charge in [0.25, 0.3) is 0 Å². The minimum absolute atomic E-state index is 0.0951.